The van der Waals surface area contributed by atoms with Crippen molar-refractivity contribution in [2.24, 2.45) is 0 Å². The number of aromatic nitrogens is 3. The molecule has 0 N–H and O–H groups in total. The number of thiazole rings is 1. The number of hydrogen-bond acceptors (Lipinski definition) is 4. The van der Waals surface area contributed by atoms with Crippen molar-refractivity contribution < 1.29 is 13.2 Å². The third-order valence-corrected chi connectivity index (χ3v) is 5.56. The highest BCUT2D eigenvalue weighted by Crippen LogP contribution is 2.31. The first kappa shape index (κ1) is 19.3. The molecule has 0 fully saturated rings. The monoisotopic (exact) mass is 415 g/mol. The topological polar surface area (TPSA) is 47.8 Å². The third-order valence-electron chi connectivity index (χ3n) is 4.57. The number of fused-ring (bicyclic) bond motifs is 1. The van der Waals surface area contributed by atoms with E-state index in [1.54, 1.807) is 0 Å². The maximum absolute atomic E-state index is 12.8. The Hall–Kier alpha value is -3.00. The fourth-order valence-corrected chi connectivity index (χ4v) is 3.99. The van der Waals surface area contributed by atoms with Crippen molar-refractivity contribution in [3.05, 3.63) is 80.7 Å². The highest BCUT2D eigenvalue weighted by atomic mass is 32.1. The van der Waals surface area contributed by atoms with Gasteiger partial charge in [-0.1, -0.05) is 42.0 Å². The van der Waals surface area contributed by atoms with Crippen molar-refractivity contribution in [1.82, 2.24) is 14.5 Å². The van der Waals surface area contributed by atoms with Crippen molar-refractivity contribution in [3.8, 4) is 11.3 Å². The van der Waals surface area contributed by atoms with Crippen LogP contribution in [0.3, 0.4) is 0 Å². The summed E-state index contributed by atoms with van der Waals surface area (Å²) in [6, 6.07) is 12.5. The van der Waals surface area contributed by atoms with Gasteiger partial charge in [-0.15, -0.1) is 11.3 Å². The van der Waals surface area contributed by atoms with Crippen molar-refractivity contribution in [2.75, 3.05) is 0 Å². The first-order chi connectivity index (χ1) is 13.7. The van der Waals surface area contributed by atoms with Crippen molar-refractivity contribution in [1.29, 1.82) is 0 Å². The van der Waals surface area contributed by atoms with Gasteiger partial charge in [-0.25, -0.2) is 9.78 Å². The average molecular weight is 415 g/mol. The molecule has 0 aliphatic heterocycles. The Morgan fingerprint density at radius 2 is 1.62 bits per heavy atom. The number of hydrogen-bond donors (Lipinski definition) is 0. The molecular weight excluding hydrogens is 399 g/mol. The van der Waals surface area contributed by atoms with Gasteiger partial charge in [-0.2, -0.15) is 18.2 Å². The number of aryl methyl sites for hydroxylation is 2. The molecule has 0 bridgehead atoms. The summed E-state index contributed by atoms with van der Waals surface area (Å²) in [4.78, 5) is 22.2. The fourth-order valence-electron chi connectivity index (χ4n) is 3.08. The van der Waals surface area contributed by atoms with Crippen LogP contribution in [-0.2, 0) is 12.7 Å². The van der Waals surface area contributed by atoms with Crippen LogP contribution in [0.5, 0.6) is 0 Å². The largest absolute Gasteiger partial charge is 0.416 e. The summed E-state index contributed by atoms with van der Waals surface area (Å²) in [7, 11) is 0. The molecule has 29 heavy (non-hydrogen) atoms. The third kappa shape index (κ3) is 3.80. The number of benzene rings is 2. The molecule has 0 unspecified atom stereocenters. The van der Waals surface area contributed by atoms with Gasteiger partial charge >= 0.3 is 11.9 Å². The van der Waals surface area contributed by atoms with Gasteiger partial charge in [0.1, 0.15) is 16.0 Å². The average Bonchev–Trinajstić information content (AvgIpc) is 3.06. The van der Waals surface area contributed by atoms with E-state index >= 15 is 0 Å². The molecule has 0 saturated carbocycles. The molecule has 8 heteroatoms. The molecule has 4 nitrogen and oxygen atoms in total. The fraction of sp³-hybridized carbons (Fsp3) is 0.190. The van der Waals surface area contributed by atoms with Gasteiger partial charge in [0.2, 0.25) is 0 Å². The van der Waals surface area contributed by atoms with Gasteiger partial charge < -0.3 is 0 Å². The minimum Gasteiger partial charge on any atom is -0.277 e. The van der Waals surface area contributed by atoms with E-state index in [0.717, 1.165) is 28.3 Å². The molecule has 0 saturated heterocycles. The summed E-state index contributed by atoms with van der Waals surface area (Å²) >= 11 is 1.36. The number of rotatable bonds is 3. The summed E-state index contributed by atoms with van der Waals surface area (Å²) < 4.78 is 39.8. The van der Waals surface area contributed by atoms with E-state index in [1.807, 2.05) is 38.1 Å². The Morgan fingerprint density at radius 1 is 0.966 bits per heavy atom. The van der Waals surface area contributed by atoms with E-state index < -0.39 is 17.4 Å². The van der Waals surface area contributed by atoms with Gasteiger partial charge in [0, 0.05) is 5.56 Å². The normalized spacial score (nSPS) is 11.9. The second-order valence-corrected chi connectivity index (χ2v) is 7.96. The molecule has 0 spiro atoms. The Labute approximate surface area is 168 Å². The number of alkyl halides is 3. The summed E-state index contributed by atoms with van der Waals surface area (Å²) in [5.41, 5.74) is 2.41. The predicted octanol–water partition coefficient (Wildman–Crippen LogP) is 5.20. The smallest absolute Gasteiger partial charge is 0.277 e. The van der Waals surface area contributed by atoms with Crippen LogP contribution in [0.25, 0.3) is 21.6 Å². The minimum absolute atomic E-state index is 0.121. The molecule has 0 radical (unpaired) electrons. The molecule has 4 aromatic rings. The van der Waals surface area contributed by atoms with Gasteiger partial charge in [0.25, 0.3) is 0 Å². The van der Waals surface area contributed by atoms with Crippen LogP contribution in [-0.4, -0.2) is 14.5 Å². The maximum Gasteiger partial charge on any atom is 0.416 e. The van der Waals surface area contributed by atoms with Gasteiger partial charge in [-0.05, 0) is 31.5 Å². The Bertz CT molecular complexity index is 1240. The lowest BCUT2D eigenvalue weighted by Gasteiger charge is -2.11. The van der Waals surface area contributed by atoms with E-state index in [4.69, 9.17) is 0 Å². The van der Waals surface area contributed by atoms with Crippen molar-refractivity contribution >= 4 is 21.7 Å². The zero-order chi connectivity index (χ0) is 20.8. The zero-order valence-electron chi connectivity index (χ0n) is 15.6. The van der Waals surface area contributed by atoms with Crippen LogP contribution in [0.1, 0.15) is 21.7 Å². The first-order valence-corrected chi connectivity index (χ1v) is 9.65. The molecule has 0 atom stereocenters. The Kier molecular flexibility index (Phi) is 4.74. The number of halogens is 3. The van der Waals surface area contributed by atoms with Crippen LogP contribution >= 0.6 is 11.3 Å². The first-order valence-electron chi connectivity index (χ1n) is 8.83. The lowest BCUT2D eigenvalue weighted by atomic mass is 10.1. The summed E-state index contributed by atoms with van der Waals surface area (Å²) in [5.74, 6) is 0. The van der Waals surface area contributed by atoms with Crippen LogP contribution in [0.15, 0.2) is 53.3 Å². The molecule has 0 aliphatic rings. The highest BCUT2D eigenvalue weighted by molar-refractivity contribution is 7.18. The molecule has 2 aromatic heterocycles. The Balaban J connectivity index is 1.80. The van der Waals surface area contributed by atoms with E-state index in [-0.39, 0.29) is 6.54 Å². The van der Waals surface area contributed by atoms with E-state index in [9.17, 15) is 18.0 Å². The zero-order valence-corrected chi connectivity index (χ0v) is 16.4. The minimum atomic E-state index is -4.39. The molecule has 148 valence electrons. The van der Waals surface area contributed by atoms with Crippen molar-refractivity contribution in [3.63, 3.8) is 0 Å². The second kappa shape index (κ2) is 7.11. The van der Waals surface area contributed by atoms with Crippen LogP contribution in [0.4, 0.5) is 13.2 Å². The lowest BCUT2D eigenvalue weighted by molar-refractivity contribution is -0.137. The van der Waals surface area contributed by atoms with Gasteiger partial charge in [-0.3, -0.25) is 4.57 Å². The van der Waals surface area contributed by atoms with Crippen LogP contribution in [0.2, 0.25) is 0 Å². The van der Waals surface area contributed by atoms with E-state index in [0.29, 0.717) is 21.6 Å². The molecule has 0 amide bonds. The Morgan fingerprint density at radius 3 is 2.24 bits per heavy atom. The summed E-state index contributed by atoms with van der Waals surface area (Å²) in [6.07, 6.45) is -4.39. The molecule has 0 aliphatic carbocycles. The summed E-state index contributed by atoms with van der Waals surface area (Å²) in [5, 5.41) is 0.780. The molecule has 4 rings (SSSR count). The summed E-state index contributed by atoms with van der Waals surface area (Å²) in [6.45, 7) is 3.94. The van der Waals surface area contributed by atoms with Gasteiger partial charge in [0.15, 0.2) is 0 Å². The van der Waals surface area contributed by atoms with E-state index in [2.05, 4.69) is 9.97 Å². The predicted molar refractivity (Wildman–Crippen MR) is 107 cm³/mol. The molecule has 2 heterocycles. The van der Waals surface area contributed by atoms with Gasteiger partial charge in [0.05, 0.1) is 17.1 Å². The molecular formula is C21H16F3N3OS. The quantitative estimate of drug-likeness (QED) is 0.462. The highest BCUT2D eigenvalue weighted by Gasteiger charge is 2.30. The lowest BCUT2D eigenvalue weighted by Crippen LogP contribution is -2.24. The maximum atomic E-state index is 12.8. The van der Waals surface area contributed by atoms with Crippen LogP contribution < -0.4 is 5.69 Å². The molecule has 2 aromatic carbocycles. The van der Waals surface area contributed by atoms with Crippen LogP contribution in [0, 0.1) is 13.8 Å². The SMILES string of the molecule is Cc1ccc(-c2nc(=O)n(Cc3ccc(C(F)(F)F)cc3)c3sc(C)nc23)cc1. The van der Waals surface area contributed by atoms with Crippen molar-refractivity contribution in [2.45, 2.75) is 26.6 Å². The second-order valence-electron chi connectivity index (χ2n) is 6.78. The van der Waals surface area contributed by atoms with E-state index in [1.165, 1.54) is 28.0 Å². The standard InChI is InChI=1S/C21H16F3N3OS/c1-12-3-7-15(8-4-12)17-18-19(29-13(2)25-18)27(20(28)26-17)11-14-5-9-16(10-6-14)21(22,23)24/h3-10H,11H2,1-2H3. The number of nitrogens with zero attached hydrogens (tertiary/aromatic N) is 3.